The first kappa shape index (κ1) is 13.2. The standard InChI is InChI=1S/C15H16N2O2/c1-11(8-9-18)16-17-15(19)14-7-6-12-4-2-3-5-13(12)10-14/h2-7,10,18H,8-9H2,1H3,(H,17,19)/b16-11+. The van der Waals surface area contributed by atoms with Crippen molar-refractivity contribution in [3.63, 3.8) is 0 Å². The summed E-state index contributed by atoms with van der Waals surface area (Å²) in [6, 6.07) is 13.4. The van der Waals surface area contributed by atoms with Gasteiger partial charge in [0.1, 0.15) is 0 Å². The molecule has 0 aromatic heterocycles. The van der Waals surface area contributed by atoms with Crippen LogP contribution in [-0.2, 0) is 0 Å². The number of hydrazone groups is 1. The van der Waals surface area contributed by atoms with Gasteiger partial charge in [0.05, 0.1) is 0 Å². The highest BCUT2D eigenvalue weighted by Gasteiger charge is 2.05. The van der Waals surface area contributed by atoms with Gasteiger partial charge in [-0.3, -0.25) is 4.79 Å². The van der Waals surface area contributed by atoms with Crippen molar-refractivity contribution in [1.29, 1.82) is 0 Å². The van der Waals surface area contributed by atoms with Gasteiger partial charge < -0.3 is 5.11 Å². The average molecular weight is 256 g/mol. The van der Waals surface area contributed by atoms with E-state index in [1.807, 2.05) is 36.4 Å². The van der Waals surface area contributed by atoms with Crippen molar-refractivity contribution in [1.82, 2.24) is 5.43 Å². The number of rotatable bonds is 4. The van der Waals surface area contributed by atoms with Crippen LogP contribution in [0.5, 0.6) is 0 Å². The number of carbonyl (C=O) groups is 1. The molecule has 4 heteroatoms. The Morgan fingerprint density at radius 1 is 1.21 bits per heavy atom. The zero-order valence-electron chi connectivity index (χ0n) is 10.8. The number of hydrogen-bond acceptors (Lipinski definition) is 3. The fraction of sp³-hybridized carbons (Fsp3) is 0.200. The minimum absolute atomic E-state index is 0.0289. The smallest absolute Gasteiger partial charge is 0.271 e. The van der Waals surface area contributed by atoms with Crippen molar-refractivity contribution < 1.29 is 9.90 Å². The lowest BCUT2D eigenvalue weighted by Gasteiger charge is -2.03. The quantitative estimate of drug-likeness (QED) is 0.651. The third-order valence-electron chi connectivity index (χ3n) is 2.83. The molecule has 4 nitrogen and oxygen atoms in total. The highest BCUT2D eigenvalue weighted by molar-refractivity contribution is 5.99. The Balaban J connectivity index is 2.15. The number of benzene rings is 2. The zero-order chi connectivity index (χ0) is 13.7. The van der Waals surface area contributed by atoms with Gasteiger partial charge in [0.25, 0.3) is 5.91 Å². The van der Waals surface area contributed by atoms with Crippen LogP contribution >= 0.6 is 0 Å². The number of aliphatic hydroxyl groups excluding tert-OH is 1. The maximum absolute atomic E-state index is 11.9. The average Bonchev–Trinajstić information content (AvgIpc) is 2.44. The molecule has 0 aliphatic rings. The van der Waals surface area contributed by atoms with E-state index in [2.05, 4.69) is 10.5 Å². The topological polar surface area (TPSA) is 61.7 Å². The molecule has 0 atom stereocenters. The van der Waals surface area contributed by atoms with E-state index in [0.717, 1.165) is 10.8 Å². The van der Waals surface area contributed by atoms with Gasteiger partial charge in [-0.05, 0) is 29.8 Å². The highest BCUT2D eigenvalue weighted by Crippen LogP contribution is 2.15. The number of aliphatic hydroxyl groups is 1. The maximum atomic E-state index is 11.9. The second-order valence-electron chi connectivity index (χ2n) is 4.32. The van der Waals surface area contributed by atoms with Crippen molar-refractivity contribution in [3.05, 3.63) is 48.0 Å². The molecule has 0 aliphatic carbocycles. The fourth-order valence-electron chi connectivity index (χ4n) is 1.76. The lowest BCUT2D eigenvalue weighted by molar-refractivity contribution is 0.0954. The molecule has 2 aromatic carbocycles. The van der Waals surface area contributed by atoms with Crippen molar-refractivity contribution in [2.45, 2.75) is 13.3 Å². The second kappa shape index (κ2) is 6.11. The Morgan fingerprint density at radius 3 is 2.68 bits per heavy atom. The summed E-state index contributed by atoms with van der Waals surface area (Å²) in [5.41, 5.74) is 3.75. The Labute approximate surface area is 111 Å². The van der Waals surface area contributed by atoms with Gasteiger partial charge in [-0.25, -0.2) is 5.43 Å². The molecule has 0 aliphatic heterocycles. The monoisotopic (exact) mass is 256 g/mol. The van der Waals surface area contributed by atoms with Crippen LogP contribution in [0.4, 0.5) is 0 Å². The second-order valence-corrected chi connectivity index (χ2v) is 4.32. The number of nitrogens with one attached hydrogen (secondary N) is 1. The predicted molar refractivity (Wildman–Crippen MR) is 76.2 cm³/mol. The summed E-state index contributed by atoms with van der Waals surface area (Å²) < 4.78 is 0. The molecule has 0 heterocycles. The molecule has 0 unspecified atom stereocenters. The van der Waals surface area contributed by atoms with Crippen LogP contribution in [0.3, 0.4) is 0 Å². The van der Waals surface area contributed by atoms with Gasteiger partial charge in [0.15, 0.2) is 0 Å². The number of nitrogens with zero attached hydrogens (tertiary/aromatic N) is 1. The third kappa shape index (κ3) is 3.39. The van der Waals surface area contributed by atoms with E-state index in [9.17, 15) is 4.79 Å². The first-order valence-corrected chi connectivity index (χ1v) is 6.14. The van der Waals surface area contributed by atoms with Crippen LogP contribution in [-0.4, -0.2) is 23.3 Å². The SMILES string of the molecule is C/C(CCO)=N\NC(=O)c1ccc2ccccc2c1. The van der Waals surface area contributed by atoms with Crippen LogP contribution in [0.15, 0.2) is 47.6 Å². The number of fused-ring (bicyclic) bond motifs is 1. The van der Waals surface area contributed by atoms with Gasteiger partial charge in [0.2, 0.25) is 0 Å². The van der Waals surface area contributed by atoms with Crippen LogP contribution in [0, 0.1) is 0 Å². The van der Waals surface area contributed by atoms with Gasteiger partial charge in [-0.2, -0.15) is 5.10 Å². The summed E-state index contributed by atoms with van der Waals surface area (Å²) >= 11 is 0. The van der Waals surface area contributed by atoms with Crippen molar-refractivity contribution in [2.24, 2.45) is 5.10 Å². The van der Waals surface area contributed by atoms with E-state index in [4.69, 9.17) is 5.11 Å². The number of hydrogen-bond donors (Lipinski definition) is 2. The summed E-state index contributed by atoms with van der Waals surface area (Å²) in [6.45, 7) is 1.79. The molecule has 0 spiro atoms. The third-order valence-corrected chi connectivity index (χ3v) is 2.83. The molecule has 0 saturated heterocycles. The fourth-order valence-corrected chi connectivity index (χ4v) is 1.76. The number of carbonyl (C=O) groups excluding carboxylic acids is 1. The van der Waals surface area contributed by atoms with Crippen LogP contribution in [0.1, 0.15) is 23.7 Å². The lowest BCUT2D eigenvalue weighted by Crippen LogP contribution is -2.19. The van der Waals surface area contributed by atoms with Crippen LogP contribution < -0.4 is 5.43 Å². The highest BCUT2D eigenvalue weighted by atomic mass is 16.3. The molecule has 98 valence electrons. The Morgan fingerprint density at radius 2 is 1.95 bits per heavy atom. The molecular weight excluding hydrogens is 240 g/mol. The van der Waals surface area contributed by atoms with E-state index in [1.54, 1.807) is 13.0 Å². The lowest BCUT2D eigenvalue weighted by atomic mass is 10.1. The maximum Gasteiger partial charge on any atom is 0.271 e. The number of amides is 1. The summed E-state index contributed by atoms with van der Waals surface area (Å²) in [4.78, 5) is 11.9. The van der Waals surface area contributed by atoms with Gasteiger partial charge in [-0.1, -0.05) is 30.3 Å². The van der Waals surface area contributed by atoms with Gasteiger partial charge in [-0.15, -0.1) is 0 Å². The largest absolute Gasteiger partial charge is 0.396 e. The van der Waals surface area contributed by atoms with Crippen LogP contribution in [0.25, 0.3) is 10.8 Å². The Bertz CT molecular complexity index is 620. The zero-order valence-corrected chi connectivity index (χ0v) is 10.8. The van der Waals surface area contributed by atoms with Crippen molar-refractivity contribution in [3.8, 4) is 0 Å². The minimum Gasteiger partial charge on any atom is -0.396 e. The Hall–Kier alpha value is -2.20. The minimum atomic E-state index is -0.247. The first-order valence-electron chi connectivity index (χ1n) is 6.14. The molecule has 2 rings (SSSR count). The van der Waals surface area contributed by atoms with Crippen molar-refractivity contribution >= 4 is 22.4 Å². The van der Waals surface area contributed by atoms with Crippen molar-refractivity contribution in [2.75, 3.05) is 6.61 Å². The molecule has 2 N–H and O–H groups in total. The molecule has 0 fully saturated rings. The molecular formula is C15H16N2O2. The summed E-state index contributed by atoms with van der Waals surface area (Å²) in [5, 5.41) is 14.8. The van der Waals surface area contributed by atoms with E-state index in [1.165, 1.54) is 0 Å². The van der Waals surface area contributed by atoms with E-state index in [0.29, 0.717) is 17.7 Å². The molecule has 19 heavy (non-hydrogen) atoms. The summed E-state index contributed by atoms with van der Waals surface area (Å²) in [6.07, 6.45) is 0.456. The van der Waals surface area contributed by atoms with Gasteiger partial charge >= 0.3 is 0 Å². The molecule has 0 bridgehead atoms. The van der Waals surface area contributed by atoms with Gasteiger partial charge in [0, 0.05) is 24.3 Å². The molecule has 1 amide bonds. The molecule has 0 saturated carbocycles. The normalized spacial score (nSPS) is 11.6. The van der Waals surface area contributed by atoms with Crippen LogP contribution in [0.2, 0.25) is 0 Å². The van der Waals surface area contributed by atoms with E-state index >= 15 is 0 Å². The van der Waals surface area contributed by atoms with E-state index in [-0.39, 0.29) is 12.5 Å². The first-order chi connectivity index (χ1) is 9.20. The predicted octanol–water partition coefficient (Wildman–Crippen LogP) is 2.33. The molecule has 2 aromatic rings. The molecule has 0 radical (unpaired) electrons. The Kier molecular flexibility index (Phi) is 4.26. The summed E-state index contributed by atoms with van der Waals surface area (Å²) in [5.74, 6) is -0.247. The van der Waals surface area contributed by atoms with E-state index < -0.39 is 0 Å². The summed E-state index contributed by atoms with van der Waals surface area (Å²) in [7, 11) is 0.